The molecule has 0 amide bonds. The van der Waals surface area contributed by atoms with Crippen LogP contribution in [0.4, 0.5) is 0 Å². The predicted molar refractivity (Wildman–Crippen MR) is 89.3 cm³/mol. The average molecular weight is 330 g/mol. The predicted octanol–water partition coefficient (Wildman–Crippen LogP) is 2.17. The summed E-state index contributed by atoms with van der Waals surface area (Å²) in [6.07, 6.45) is 1.40. The number of methoxy groups -OCH3 is 2. The first-order valence-corrected chi connectivity index (χ1v) is 8.10. The number of aromatic nitrogens is 1. The van der Waals surface area contributed by atoms with Crippen molar-refractivity contribution >= 4 is 22.8 Å². The maximum Gasteiger partial charge on any atom is 0.320 e. The van der Waals surface area contributed by atoms with Gasteiger partial charge in [-0.05, 0) is 42.8 Å². The fourth-order valence-corrected chi connectivity index (χ4v) is 3.51. The molecule has 1 aliphatic heterocycles. The van der Waals surface area contributed by atoms with E-state index in [9.17, 15) is 9.59 Å². The zero-order valence-electron chi connectivity index (χ0n) is 13.9. The Morgan fingerprint density at radius 3 is 2.54 bits per heavy atom. The highest BCUT2D eigenvalue weighted by Crippen LogP contribution is 2.34. The van der Waals surface area contributed by atoms with Gasteiger partial charge in [0.25, 0.3) is 0 Å². The van der Waals surface area contributed by atoms with Crippen molar-refractivity contribution in [2.75, 3.05) is 20.8 Å². The number of hydrogen-bond donors (Lipinski definition) is 2. The summed E-state index contributed by atoms with van der Waals surface area (Å²) < 4.78 is 9.62. The minimum absolute atomic E-state index is 0.0629. The lowest BCUT2D eigenvalue weighted by molar-refractivity contribution is -0.162. The lowest BCUT2D eigenvalue weighted by Crippen LogP contribution is -2.41. The molecule has 2 N–H and O–H groups in total. The second kappa shape index (κ2) is 7.05. The van der Waals surface area contributed by atoms with E-state index in [0.717, 1.165) is 29.6 Å². The summed E-state index contributed by atoms with van der Waals surface area (Å²) in [7, 11) is 2.60. The lowest BCUT2D eigenvalue weighted by Gasteiger charge is -2.32. The quantitative estimate of drug-likeness (QED) is 0.663. The highest BCUT2D eigenvalue weighted by molar-refractivity contribution is 5.95. The Hall–Kier alpha value is -2.34. The maximum atomic E-state index is 12.0. The molecule has 1 aromatic heterocycles. The van der Waals surface area contributed by atoms with Gasteiger partial charge in [0, 0.05) is 17.3 Å². The van der Waals surface area contributed by atoms with Crippen LogP contribution in [0.1, 0.15) is 24.6 Å². The molecule has 128 valence electrons. The number of benzene rings is 1. The van der Waals surface area contributed by atoms with E-state index in [0.29, 0.717) is 6.42 Å². The number of carbonyl (C=O) groups excluding carboxylic acids is 2. The first kappa shape index (κ1) is 16.5. The number of H-pyrrole nitrogens is 1. The number of para-hydroxylation sites is 1. The van der Waals surface area contributed by atoms with Crippen molar-refractivity contribution in [3.05, 3.63) is 36.0 Å². The van der Waals surface area contributed by atoms with Crippen LogP contribution >= 0.6 is 0 Å². The molecule has 1 saturated heterocycles. The number of esters is 2. The zero-order valence-corrected chi connectivity index (χ0v) is 13.9. The van der Waals surface area contributed by atoms with Crippen LogP contribution in [0.2, 0.25) is 0 Å². The molecule has 6 heteroatoms. The number of carbonyl (C=O) groups is 2. The van der Waals surface area contributed by atoms with E-state index in [1.165, 1.54) is 14.2 Å². The fourth-order valence-electron chi connectivity index (χ4n) is 3.51. The Bertz CT molecular complexity index is 690. The molecule has 2 heterocycles. The van der Waals surface area contributed by atoms with Crippen molar-refractivity contribution in [1.82, 2.24) is 10.3 Å². The second-order valence-corrected chi connectivity index (χ2v) is 6.13. The molecule has 0 unspecified atom stereocenters. The Morgan fingerprint density at radius 2 is 1.88 bits per heavy atom. The molecular formula is C18H22N2O4. The summed E-state index contributed by atoms with van der Waals surface area (Å²) in [5.74, 6) is -2.02. The van der Waals surface area contributed by atoms with Crippen LogP contribution in [0.15, 0.2) is 30.3 Å². The second-order valence-electron chi connectivity index (χ2n) is 6.13. The molecule has 0 aliphatic carbocycles. The summed E-state index contributed by atoms with van der Waals surface area (Å²) in [5.41, 5.74) is 2.14. The van der Waals surface area contributed by atoms with Crippen LogP contribution in [0.3, 0.4) is 0 Å². The van der Waals surface area contributed by atoms with Crippen molar-refractivity contribution in [3.8, 4) is 0 Å². The van der Waals surface area contributed by atoms with Gasteiger partial charge in [-0.2, -0.15) is 0 Å². The average Bonchev–Trinajstić information content (AvgIpc) is 3.06. The number of rotatable bonds is 4. The standard InChI is InChI=1S/C18H22N2O4/c1-23-17(21)16(18(22)24-2)12-7-8-19-14(10-12)15-9-11-5-3-4-6-13(11)20-15/h3-6,9,12,14,16,19-20H,7-8,10H2,1-2H3/t12-,14+/m1/s1. The molecule has 2 aromatic rings. The van der Waals surface area contributed by atoms with Gasteiger partial charge in [0.05, 0.1) is 14.2 Å². The van der Waals surface area contributed by atoms with E-state index in [1.807, 2.05) is 18.2 Å². The highest BCUT2D eigenvalue weighted by atomic mass is 16.5. The van der Waals surface area contributed by atoms with Crippen LogP contribution in [0.25, 0.3) is 10.9 Å². The maximum absolute atomic E-state index is 12.0. The Balaban J connectivity index is 1.82. The molecule has 2 atom stereocenters. The van der Waals surface area contributed by atoms with Crippen molar-refractivity contribution in [2.24, 2.45) is 11.8 Å². The van der Waals surface area contributed by atoms with Crippen LogP contribution in [-0.4, -0.2) is 37.7 Å². The number of piperidine rings is 1. The molecule has 24 heavy (non-hydrogen) atoms. The number of nitrogens with one attached hydrogen (secondary N) is 2. The van der Waals surface area contributed by atoms with E-state index in [2.05, 4.69) is 22.4 Å². The van der Waals surface area contributed by atoms with Crippen molar-refractivity contribution in [1.29, 1.82) is 0 Å². The monoisotopic (exact) mass is 330 g/mol. The molecule has 0 bridgehead atoms. The first-order chi connectivity index (χ1) is 11.6. The first-order valence-electron chi connectivity index (χ1n) is 8.10. The van der Waals surface area contributed by atoms with E-state index < -0.39 is 17.9 Å². The van der Waals surface area contributed by atoms with Crippen molar-refractivity contribution < 1.29 is 19.1 Å². The van der Waals surface area contributed by atoms with Gasteiger partial charge in [0.1, 0.15) is 0 Å². The summed E-state index contributed by atoms with van der Waals surface area (Å²) in [6.45, 7) is 0.731. The third-order valence-electron chi connectivity index (χ3n) is 4.75. The molecule has 6 nitrogen and oxygen atoms in total. The highest BCUT2D eigenvalue weighted by Gasteiger charge is 2.39. The van der Waals surface area contributed by atoms with Crippen molar-refractivity contribution in [3.63, 3.8) is 0 Å². The minimum Gasteiger partial charge on any atom is -0.468 e. The van der Waals surface area contributed by atoms with Gasteiger partial charge < -0.3 is 19.8 Å². The Kier molecular flexibility index (Phi) is 4.85. The van der Waals surface area contributed by atoms with Crippen LogP contribution in [0.5, 0.6) is 0 Å². The van der Waals surface area contributed by atoms with Gasteiger partial charge in [-0.15, -0.1) is 0 Å². The number of fused-ring (bicyclic) bond motifs is 1. The summed E-state index contributed by atoms with van der Waals surface area (Å²) in [5, 5.41) is 4.61. The Labute approximate surface area is 140 Å². The van der Waals surface area contributed by atoms with E-state index in [1.54, 1.807) is 0 Å². The largest absolute Gasteiger partial charge is 0.468 e. The minimum atomic E-state index is -0.867. The SMILES string of the molecule is COC(=O)C(C(=O)OC)[C@@H]1CCN[C@H](c2cc3ccccc3[nH]2)C1. The normalized spacial score (nSPS) is 21.0. The van der Waals surface area contributed by atoms with Gasteiger partial charge in [-0.3, -0.25) is 9.59 Å². The van der Waals surface area contributed by atoms with Crippen LogP contribution in [0, 0.1) is 11.8 Å². The number of aromatic amines is 1. The molecule has 0 spiro atoms. The molecule has 0 saturated carbocycles. The Morgan fingerprint density at radius 1 is 1.17 bits per heavy atom. The molecule has 1 fully saturated rings. The fraction of sp³-hybridized carbons (Fsp3) is 0.444. The third-order valence-corrected chi connectivity index (χ3v) is 4.75. The summed E-state index contributed by atoms with van der Waals surface area (Å²) in [4.78, 5) is 27.5. The lowest BCUT2D eigenvalue weighted by atomic mass is 9.81. The van der Waals surface area contributed by atoms with Gasteiger partial charge >= 0.3 is 11.9 Å². The van der Waals surface area contributed by atoms with Gasteiger partial charge in [0.15, 0.2) is 5.92 Å². The molecule has 1 aliphatic rings. The summed E-state index contributed by atoms with van der Waals surface area (Å²) in [6, 6.07) is 10.3. The summed E-state index contributed by atoms with van der Waals surface area (Å²) >= 11 is 0. The van der Waals surface area contributed by atoms with Crippen LogP contribution in [-0.2, 0) is 19.1 Å². The topological polar surface area (TPSA) is 80.4 Å². The molecular weight excluding hydrogens is 308 g/mol. The third kappa shape index (κ3) is 3.14. The molecule has 3 rings (SSSR count). The van der Waals surface area contributed by atoms with E-state index in [-0.39, 0.29) is 12.0 Å². The van der Waals surface area contributed by atoms with Gasteiger partial charge in [-0.25, -0.2) is 0 Å². The van der Waals surface area contributed by atoms with Crippen LogP contribution < -0.4 is 5.32 Å². The van der Waals surface area contributed by atoms with E-state index >= 15 is 0 Å². The molecule has 1 aromatic carbocycles. The van der Waals surface area contributed by atoms with Gasteiger partial charge in [-0.1, -0.05) is 18.2 Å². The van der Waals surface area contributed by atoms with E-state index in [4.69, 9.17) is 9.47 Å². The number of ether oxygens (including phenoxy) is 2. The zero-order chi connectivity index (χ0) is 17.1. The molecule has 0 radical (unpaired) electrons. The van der Waals surface area contributed by atoms with Crippen molar-refractivity contribution in [2.45, 2.75) is 18.9 Å². The smallest absolute Gasteiger partial charge is 0.320 e. The van der Waals surface area contributed by atoms with Gasteiger partial charge in [0.2, 0.25) is 0 Å². The number of hydrogen-bond acceptors (Lipinski definition) is 5.